The van der Waals surface area contributed by atoms with E-state index in [0.717, 1.165) is 18.1 Å². The van der Waals surface area contributed by atoms with Gasteiger partial charge in [-0.1, -0.05) is 41.6 Å². The minimum atomic E-state index is 0.562. The smallest absolute Gasteiger partial charge is 0.119 e. The van der Waals surface area contributed by atoms with E-state index >= 15 is 0 Å². The molecule has 1 unspecified atom stereocenters. The summed E-state index contributed by atoms with van der Waals surface area (Å²) in [5, 5.41) is 3.48. The molecule has 2 rings (SSSR count). The van der Waals surface area contributed by atoms with Crippen molar-refractivity contribution in [1.82, 2.24) is 5.32 Å². The van der Waals surface area contributed by atoms with E-state index in [-0.39, 0.29) is 0 Å². The Morgan fingerprint density at radius 3 is 2.74 bits per heavy atom. The van der Waals surface area contributed by atoms with Crippen LogP contribution in [0.3, 0.4) is 0 Å². The van der Waals surface area contributed by atoms with Gasteiger partial charge < -0.3 is 10.1 Å². The van der Waals surface area contributed by atoms with Gasteiger partial charge in [-0.3, -0.25) is 0 Å². The molecule has 1 aromatic rings. The maximum absolute atomic E-state index is 5.32. The monoisotopic (exact) mass is 325 g/mol. The average molecular weight is 326 g/mol. The molecule has 19 heavy (non-hydrogen) atoms. The first kappa shape index (κ1) is 14.9. The number of benzene rings is 1. The van der Waals surface area contributed by atoms with Crippen LogP contribution in [0.1, 0.15) is 37.7 Å². The second kappa shape index (κ2) is 7.30. The number of hydrogen-bond acceptors (Lipinski definition) is 2. The first-order chi connectivity index (χ1) is 9.22. The maximum Gasteiger partial charge on any atom is 0.119 e. The molecule has 1 saturated carbocycles. The van der Waals surface area contributed by atoms with Gasteiger partial charge in [-0.2, -0.15) is 0 Å². The quantitative estimate of drug-likeness (QED) is 0.847. The molecule has 0 aliphatic heterocycles. The van der Waals surface area contributed by atoms with Crippen LogP contribution >= 0.6 is 15.9 Å². The maximum atomic E-state index is 5.32. The highest BCUT2D eigenvalue weighted by Crippen LogP contribution is 2.30. The summed E-state index contributed by atoms with van der Waals surface area (Å²) >= 11 is 3.65. The lowest BCUT2D eigenvalue weighted by Gasteiger charge is -2.21. The fraction of sp³-hybridized carbons (Fsp3) is 0.625. The number of ether oxygens (including phenoxy) is 1. The third-order valence-electron chi connectivity index (χ3n) is 4.22. The molecular weight excluding hydrogens is 302 g/mol. The van der Waals surface area contributed by atoms with Crippen LogP contribution in [0.4, 0.5) is 0 Å². The van der Waals surface area contributed by atoms with Crippen LogP contribution in [-0.2, 0) is 6.42 Å². The van der Waals surface area contributed by atoms with Crippen LogP contribution in [0.25, 0.3) is 0 Å². The fourth-order valence-corrected chi connectivity index (χ4v) is 3.46. The van der Waals surface area contributed by atoms with E-state index in [1.165, 1.54) is 42.1 Å². The van der Waals surface area contributed by atoms with E-state index in [0.29, 0.717) is 6.04 Å². The molecule has 106 valence electrons. The molecule has 0 radical (unpaired) electrons. The molecule has 1 fully saturated rings. The minimum absolute atomic E-state index is 0.562. The Morgan fingerprint density at radius 2 is 2.11 bits per heavy atom. The summed E-state index contributed by atoms with van der Waals surface area (Å²) in [6.45, 7) is 0. The van der Waals surface area contributed by atoms with Crippen LogP contribution in [0.2, 0.25) is 0 Å². The topological polar surface area (TPSA) is 21.3 Å². The van der Waals surface area contributed by atoms with Crippen molar-refractivity contribution in [3.05, 3.63) is 28.2 Å². The van der Waals surface area contributed by atoms with Crippen molar-refractivity contribution in [3.8, 4) is 5.75 Å². The van der Waals surface area contributed by atoms with Gasteiger partial charge in [0.2, 0.25) is 0 Å². The molecule has 0 aromatic heterocycles. The van der Waals surface area contributed by atoms with Gasteiger partial charge >= 0.3 is 0 Å². The van der Waals surface area contributed by atoms with Crippen molar-refractivity contribution in [3.63, 3.8) is 0 Å². The van der Waals surface area contributed by atoms with Crippen molar-refractivity contribution in [1.29, 1.82) is 0 Å². The largest absolute Gasteiger partial charge is 0.497 e. The van der Waals surface area contributed by atoms with Crippen LogP contribution in [0, 0.1) is 5.92 Å². The third kappa shape index (κ3) is 4.22. The van der Waals surface area contributed by atoms with Gasteiger partial charge in [0.1, 0.15) is 5.75 Å². The lowest BCUT2D eigenvalue weighted by atomic mass is 9.94. The van der Waals surface area contributed by atoms with Crippen molar-refractivity contribution in [2.24, 2.45) is 5.92 Å². The molecule has 1 aliphatic carbocycles. The molecule has 0 amide bonds. The third-order valence-corrected chi connectivity index (χ3v) is 4.99. The standard InChI is InChI=1S/C16H24BrNO/c1-18-14(9-12-5-3-4-6-12)10-13-11-15(19-2)7-8-16(13)17/h7-8,11-12,14,18H,3-6,9-10H2,1-2H3. The van der Waals surface area contributed by atoms with E-state index in [9.17, 15) is 0 Å². The first-order valence-corrected chi connectivity index (χ1v) is 8.02. The second-order valence-corrected chi connectivity index (χ2v) is 6.39. The fourth-order valence-electron chi connectivity index (χ4n) is 3.05. The predicted molar refractivity (Wildman–Crippen MR) is 83.8 cm³/mol. The zero-order valence-corrected chi connectivity index (χ0v) is 13.5. The summed E-state index contributed by atoms with van der Waals surface area (Å²) in [5.74, 6) is 1.86. The Kier molecular flexibility index (Phi) is 5.71. The summed E-state index contributed by atoms with van der Waals surface area (Å²) in [5.41, 5.74) is 1.33. The van der Waals surface area contributed by atoms with Gasteiger partial charge in [-0.15, -0.1) is 0 Å². The summed E-state index contributed by atoms with van der Waals surface area (Å²) in [7, 11) is 3.80. The zero-order valence-electron chi connectivity index (χ0n) is 11.9. The molecule has 0 saturated heterocycles. The van der Waals surface area contributed by atoms with E-state index in [1.54, 1.807) is 7.11 Å². The van der Waals surface area contributed by atoms with Crippen molar-refractivity contribution >= 4 is 15.9 Å². The number of nitrogens with one attached hydrogen (secondary N) is 1. The van der Waals surface area contributed by atoms with Gasteiger partial charge in [-0.05, 0) is 49.6 Å². The number of likely N-dealkylation sites (N-methyl/N-ethyl adjacent to an activating group) is 1. The van der Waals surface area contributed by atoms with Gasteiger partial charge in [0.05, 0.1) is 7.11 Å². The highest BCUT2D eigenvalue weighted by atomic mass is 79.9. The van der Waals surface area contributed by atoms with E-state index in [4.69, 9.17) is 4.74 Å². The molecule has 1 aliphatic rings. The van der Waals surface area contributed by atoms with Crippen LogP contribution in [0.5, 0.6) is 5.75 Å². The molecule has 3 heteroatoms. The Labute approximate surface area is 125 Å². The molecule has 1 N–H and O–H groups in total. The number of rotatable bonds is 6. The van der Waals surface area contributed by atoms with E-state index in [2.05, 4.69) is 40.4 Å². The van der Waals surface area contributed by atoms with E-state index in [1.807, 2.05) is 6.07 Å². The summed E-state index contributed by atoms with van der Waals surface area (Å²) in [4.78, 5) is 0. The SMILES string of the molecule is CNC(Cc1cc(OC)ccc1Br)CC1CCCC1. The Balaban J connectivity index is 2.00. The predicted octanol–water partition coefficient (Wildman–Crippen LogP) is 4.17. The Bertz CT molecular complexity index is 402. The summed E-state index contributed by atoms with van der Waals surface area (Å²) in [6.07, 6.45) is 8.02. The van der Waals surface area contributed by atoms with Crippen molar-refractivity contribution in [2.75, 3.05) is 14.2 Å². The van der Waals surface area contributed by atoms with Crippen LogP contribution in [-0.4, -0.2) is 20.2 Å². The van der Waals surface area contributed by atoms with Gasteiger partial charge in [0, 0.05) is 10.5 Å². The zero-order chi connectivity index (χ0) is 13.7. The Morgan fingerprint density at radius 1 is 1.37 bits per heavy atom. The van der Waals surface area contributed by atoms with Crippen molar-refractivity contribution < 1.29 is 4.74 Å². The summed E-state index contributed by atoms with van der Waals surface area (Å²) in [6, 6.07) is 6.78. The number of halogens is 1. The molecule has 0 heterocycles. The first-order valence-electron chi connectivity index (χ1n) is 7.22. The molecule has 1 aromatic carbocycles. The molecule has 2 nitrogen and oxygen atoms in total. The minimum Gasteiger partial charge on any atom is -0.497 e. The molecule has 1 atom stereocenters. The van der Waals surface area contributed by atoms with Crippen molar-refractivity contribution in [2.45, 2.75) is 44.6 Å². The van der Waals surface area contributed by atoms with E-state index < -0.39 is 0 Å². The van der Waals surface area contributed by atoms with Gasteiger partial charge in [-0.25, -0.2) is 0 Å². The van der Waals surface area contributed by atoms with Crippen LogP contribution in [0.15, 0.2) is 22.7 Å². The molecule has 0 bridgehead atoms. The molecular formula is C16H24BrNO. The number of hydrogen-bond donors (Lipinski definition) is 1. The highest BCUT2D eigenvalue weighted by Gasteiger charge is 2.20. The summed E-state index contributed by atoms with van der Waals surface area (Å²) < 4.78 is 6.50. The van der Waals surface area contributed by atoms with Gasteiger partial charge in [0.15, 0.2) is 0 Å². The van der Waals surface area contributed by atoms with Gasteiger partial charge in [0.25, 0.3) is 0 Å². The lowest BCUT2D eigenvalue weighted by Crippen LogP contribution is -2.29. The van der Waals surface area contributed by atoms with Crippen LogP contribution < -0.4 is 10.1 Å². The molecule has 0 spiro atoms. The highest BCUT2D eigenvalue weighted by molar-refractivity contribution is 9.10. The number of methoxy groups -OCH3 is 1. The normalized spacial score (nSPS) is 17.6. The average Bonchev–Trinajstić information content (AvgIpc) is 2.93. The Hall–Kier alpha value is -0.540. The second-order valence-electron chi connectivity index (χ2n) is 5.53. The lowest BCUT2D eigenvalue weighted by molar-refractivity contribution is 0.399.